The third kappa shape index (κ3) is 3.27. The fourth-order valence-corrected chi connectivity index (χ4v) is 1.63. The van der Waals surface area contributed by atoms with Crippen LogP contribution < -0.4 is 10.6 Å². The number of nitrogens with zero attached hydrogens (tertiary/aromatic N) is 1. The van der Waals surface area contributed by atoms with E-state index in [0.717, 1.165) is 26.2 Å². The fourth-order valence-electron chi connectivity index (χ4n) is 1.63. The Hall–Kier alpha value is -0.610. The normalized spacial score (nSPS) is 24.0. The lowest BCUT2D eigenvalue weighted by Crippen LogP contribution is -2.55. The summed E-state index contributed by atoms with van der Waals surface area (Å²) in [4.78, 5) is 13.5. The van der Waals surface area contributed by atoms with E-state index in [0.29, 0.717) is 6.04 Å². The third-order valence-corrected chi connectivity index (χ3v) is 2.58. The van der Waals surface area contributed by atoms with Gasteiger partial charge in [-0.05, 0) is 6.92 Å². The van der Waals surface area contributed by atoms with Crippen molar-refractivity contribution in [3.8, 4) is 0 Å². The first-order valence-electron chi connectivity index (χ1n) is 5.36. The van der Waals surface area contributed by atoms with Gasteiger partial charge in [0.15, 0.2) is 0 Å². The molecule has 1 aliphatic heterocycles. The summed E-state index contributed by atoms with van der Waals surface area (Å²) < 4.78 is 0. The van der Waals surface area contributed by atoms with Crippen molar-refractivity contribution in [2.45, 2.75) is 32.9 Å². The van der Waals surface area contributed by atoms with Crippen molar-refractivity contribution in [3.63, 3.8) is 0 Å². The Morgan fingerprint density at radius 3 is 3.00 bits per heavy atom. The van der Waals surface area contributed by atoms with Crippen LogP contribution >= 0.6 is 0 Å². The van der Waals surface area contributed by atoms with Gasteiger partial charge in [-0.25, -0.2) is 0 Å². The van der Waals surface area contributed by atoms with Crippen LogP contribution in [-0.4, -0.2) is 49.1 Å². The van der Waals surface area contributed by atoms with Gasteiger partial charge in [0.25, 0.3) is 0 Å². The highest BCUT2D eigenvalue weighted by Gasteiger charge is 2.24. The van der Waals surface area contributed by atoms with Crippen LogP contribution in [-0.2, 0) is 4.79 Å². The fraction of sp³-hybridized carbons (Fsp3) is 0.900. The second kappa shape index (κ2) is 5.32. The van der Waals surface area contributed by atoms with Crippen molar-refractivity contribution in [3.05, 3.63) is 0 Å². The number of amides is 1. The van der Waals surface area contributed by atoms with Crippen LogP contribution in [0.2, 0.25) is 0 Å². The minimum atomic E-state index is 0.0257. The van der Waals surface area contributed by atoms with Crippen LogP contribution in [0.3, 0.4) is 0 Å². The van der Waals surface area contributed by atoms with Gasteiger partial charge in [-0.3, -0.25) is 9.69 Å². The van der Waals surface area contributed by atoms with Gasteiger partial charge in [0.2, 0.25) is 5.91 Å². The maximum atomic E-state index is 11.3. The molecule has 1 fully saturated rings. The molecule has 1 unspecified atom stereocenters. The van der Waals surface area contributed by atoms with E-state index in [1.54, 1.807) is 0 Å². The van der Waals surface area contributed by atoms with Crippen LogP contribution in [0.1, 0.15) is 20.8 Å². The molecule has 0 saturated carbocycles. The number of nitrogens with one attached hydrogen (secondary N) is 2. The summed E-state index contributed by atoms with van der Waals surface area (Å²) in [5, 5.41) is 6.21. The Labute approximate surface area is 86.0 Å². The quantitative estimate of drug-likeness (QED) is 0.659. The molecule has 1 aliphatic rings. The summed E-state index contributed by atoms with van der Waals surface area (Å²) in [6.45, 7) is 9.88. The molecule has 0 aromatic rings. The van der Waals surface area contributed by atoms with Crippen molar-refractivity contribution in [1.29, 1.82) is 0 Å². The molecule has 1 amide bonds. The molecule has 2 N–H and O–H groups in total. The van der Waals surface area contributed by atoms with Crippen molar-refractivity contribution in [2.24, 2.45) is 0 Å². The van der Waals surface area contributed by atoms with E-state index < -0.39 is 0 Å². The maximum Gasteiger partial charge on any atom is 0.237 e. The highest BCUT2D eigenvalue weighted by atomic mass is 16.2. The predicted octanol–water partition coefficient (Wildman–Crippen LogP) is -0.195. The summed E-state index contributed by atoms with van der Waals surface area (Å²) in [6.07, 6.45) is 0. The van der Waals surface area contributed by atoms with Crippen LogP contribution in [0.4, 0.5) is 0 Å². The van der Waals surface area contributed by atoms with Crippen LogP contribution in [0, 0.1) is 0 Å². The molecule has 0 bridgehead atoms. The molecule has 0 aromatic carbocycles. The highest BCUT2D eigenvalue weighted by Crippen LogP contribution is 2.02. The standard InChI is InChI=1S/C10H21N3O/c1-8(2)11-4-6-13-7-5-12-10(14)9(13)3/h8-9,11H,4-7H2,1-3H3,(H,12,14). The molecule has 1 heterocycles. The molecular weight excluding hydrogens is 178 g/mol. The van der Waals surface area contributed by atoms with Crippen LogP contribution in [0.15, 0.2) is 0 Å². The molecule has 82 valence electrons. The molecule has 1 saturated heterocycles. The van der Waals surface area contributed by atoms with Gasteiger partial charge < -0.3 is 10.6 Å². The first-order chi connectivity index (χ1) is 6.61. The average molecular weight is 199 g/mol. The number of hydrogen-bond donors (Lipinski definition) is 2. The Morgan fingerprint density at radius 1 is 1.64 bits per heavy atom. The zero-order chi connectivity index (χ0) is 10.6. The topological polar surface area (TPSA) is 44.4 Å². The second-order valence-electron chi connectivity index (χ2n) is 4.11. The lowest BCUT2D eigenvalue weighted by atomic mass is 10.2. The van der Waals surface area contributed by atoms with Crippen LogP contribution in [0.5, 0.6) is 0 Å². The van der Waals surface area contributed by atoms with Gasteiger partial charge in [0.05, 0.1) is 6.04 Å². The highest BCUT2D eigenvalue weighted by molar-refractivity contribution is 5.81. The number of rotatable bonds is 4. The first kappa shape index (κ1) is 11.5. The Kier molecular flexibility index (Phi) is 4.35. The molecule has 14 heavy (non-hydrogen) atoms. The maximum absolute atomic E-state index is 11.3. The smallest absolute Gasteiger partial charge is 0.237 e. The molecule has 4 heteroatoms. The van der Waals surface area contributed by atoms with Crippen molar-refractivity contribution in [1.82, 2.24) is 15.5 Å². The number of piperazine rings is 1. The Bertz CT molecular complexity index is 194. The lowest BCUT2D eigenvalue weighted by molar-refractivity contribution is -0.128. The van der Waals surface area contributed by atoms with E-state index in [1.165, 1.54) is 0 Å². The van der Waals surface area contributed by atoms with E-state index in [-0.39, 0.29) is 11.9 Å². The van der Waals surface area contributed by atoms with E-state index >= 15 is 0 Å². The summed E-state index contributed by atoms with van der Waals surface area (Å²) in [6, 6.07) is 0.543. The minimum Gasteiger partial charge on any atom is -0.353 e. The van der Waals surface area contributed by atoms with E-state index in [9.17, 15) is 4.79 Å². The number of carbonyl (C=O) groups excluding carboxylic acids is 1. The van der Waals surface area contributed by atoms with Crippen molar-refractivity contribution >= 4 is 5.91 Å². The molecule has 0 radical (unpaired) electrons. The predicted molar refractivity (Wildman–Crippen MR) is 57.2 cm³/mol. The van der Waals surface area contributed by atoms with Gasteiger partial charge in [-0.15, -0.1) is 0 Å². The van der Waals surface area contributed by atoms with Gasteiger partial charge in [-0.2, -0.15) is 0 Å². The molecule has 1 atom stereocenters. The molecule has 4 nitrogen and oxygen atoms in total. The van der Waals surface area contributed by atoms with Crippen molar-refractivity contribution in [2.75, 3.05) is 26.2 Å². The van der Waals surface area contributed by atoms with Gasteiger partial charge in [-0.1, -0.05) is 13.8 Å². The minimum absolute atomic E-state index is 0.0257. The molecule has 0 aliphatic carbocycles. The molecule has 1 rings (SSSR count). The van der Waals surface area contributed by atoms with Crippen LogP contribution in [0.25, 0.3) is 0 Å². The molecule has 0 aromatic heterocycles. The zero-order valence-corrected chi connectivity index (χ0v) is 9.34. The van der Waals surface area contributed by atoms with E-state index in [1.807, 2.05) is 6.92 Å². The average Bonchev–Trinajstić information content (AvgIpc) is 2.12. The zero-order valence-electron chi connectivity index (χ0n) is 9.34. The van der Waals surface area contributed by atoms with Gasteiger partial charge in [0.1, 0.15) is 0 Å². The lowest BCUT2D eigenvalue weighted by Gasteiger charge is -2.32. The first-order valence-corrected chi connectivity index (χ1v) is 5.36. The number of carbonyl (C=O) groups is 1. The van der Waals surface area contributed by atoms with E-state index in [4.69, 9.17) is 0 Å². The largest absolute Gasteiger partial charge is 0.353 e. The Morgan fingerprint density at radius 2 is 2.36 bits per heavy atom. The second-order valence-corrected chi connectivity index (χ2v) is 4.11. The summed E-state index contributed by atoms with van der Waals surface area (Å²) in [5.41, 5.74) is 0. The monoisotopic (exact) mass is 199 g/mol. The summed E-state index contributed by atoms with van der Waals surface area (Å²) in [7, 11) is 0. The van der Waals surface area contributed by atoms with Gasteiger partial charge in [0, 0.05) is 32.2 Å². The third-order valence-electron chi connectivity index (χ3n) is 2.58. The number of hydrogen-bond acceptors (Lipinski definition) is 3. The summed E-state index contributed by atoms with van der Waals surface area (Å²) >= 11 is 0. The van der Waals surface area contributed by atoms with Gasteiger partial charge >= 0.3 is 0 Å². The summed E-state index contributed by atoms with van der Waals surface area (Å²) in [5.74, 6) is 0.154. The SMILES string of the molecule is CC(C)NCCN1CCNC(=O)C1C. The van der Waals surface area contributed by atoms with E-state index in [2.05, 4.69) is 29.4 Å². The van der Waals surface area contributed by atoms with Crippen molar-refractivity contribution < 1.29 is 4.79 Å². The Balaban J connectivity index is 2.25. The molecular formula is C10H21N3O. The molecule has 0 spiro atoms.